The van der Waals surface area contributed by atoms with Crippen LogP contribution in [0.5, 0.6) is 0 Å². The number of likely N-dealkylation sites (tertiary alicyclic amines) is 1. The van der Waals surface area contributed by atoms with Gasteiger partial charge in [-0.3, -0.25) is 4.79 Å². The van der Waals surface area contributed by atoms with Crippen molar-refractivity contribution in [2.75, 3.05) is 20.1 Å². The first-order chi connectivity index (χ1) is 10.8. The van der Waals surface area contributed by atoms with Gasteiger partial charge in [-0.15, -0.1) is 0 Å². The van der Waals surface area contributed by atoms with Crippen molar-refractivity contribution in [3.8, 4) is 0 Å². The highest BCUT2D eigenvalue weighted by atomic mass is 16.1. The third-order valence-electron chi connectivity index (χ3n) is 4.95. The average Bonchev–Trinajstić information content (AvgIpc) is 2.45. The second-order valence-electron chi connectivity index (χ2n) is 7.21. The Labute approximate surface area is 140 Å². The monoisotopic (exact) mass is 317 g/mol. The van der Waals surface area contributed by atoms with Gasteiger partial charge in [0.25, 0.3) is 0 Å². The number of aryl methyl sites for hydroxylation is 3. The smallest absolute Gasteiger partial charge is 0.225 e. The molecule has 0 aliphatic carbocycles. The van der Waals surface area contributed by atoms with Gasteiger partial charge in [0.15, 0.2) is 0 Å². The Morgan fingerprint density at radius 2 is 1.83 bits per heavy atom. The predicted octanol–water partition coefficient (Wildman–Crippen LogP) is 2.29. The molecule has 1 aliphatic rings. The van der Waals surface area contributed by atoms with Crippen molar-refractivity contribution in [1.29, 1.82) is 0 Å². The standard InChI is InChI=1S/C19H31N3O/c1-13-9-14(2)17(15(3)10-13)12-19(23)21-18(20)11-16-5-7-22(4)8-6-16/h9-10,16,18H,5-8,11-12,20H2,1-4H3,(H,21,23). The SMILES string of the molecule is Cc1cc(C)c(CC(=O)NC(N)CC2CCN(C)CC2)c(C)c1. The van der Waals surface area contributed by atoms with Gasteiger partial charge >= 0.3 is 0 Å². The Morgan fingerprint density at radius 3 is 2.39 bits per heavy atom. The van der Waals surface area contributed by atoms with Gasteiger partial charge in [-0.25, -0.2) is 0 Å². The molecule has 1 aliphatic heterocycles. The quantitative estimate of drug-likeness (QED) is 0.819. The average molecular weight is 317 g/mol. The molecular formula is C19H31N3O. The highest BCUT2D eigenvalue weighted by Crippen LogP contribution is 2.20. The Balaban J connectivity index is 1.85. The molecule has 0 saturated carbocycles. The topological polar surface area (TPSA) is 58.4 Å². The van der Waals surface area contributed by atoms with Crippen molar-refractivity contribution in [1.82, 2.24) is 10.2 Å². The summed E-state index contributed by atoms with van der Waals surface area (Å²) in [5.41, 5.74) is 10.9. The summed E-state index contributed by atoms with van der Waals surface area (Å²) in [6.45, 7) is 8.49. The molecule has 1 fully saturated rings. The number of amides is 1. The normalized spacial score (nSPS) is 18.0. The second kappa shape index (κ2) is 7.93. The van der Waals surface area contributed by atoms with Crippen LogP contribution in [0.3, 0.4) is 0 Å². The van der Waals surface area contributed by atoms with Crippen LogP contribution in [0.2, 0.25) is 0 Å². The van der Waals surface area contributed by atoms with Crippen LogP contribution in [0, 0.1) is 26.7 Å². The molecule has 2 rings (SSSR count). The summed E-state index contributed by atoms with van der Waals surface area (Å²) in [7, 11) is 2.16. The lowest BCUT2D eigenvalue weighted by atomic mass is 9.92. The van der Waals surface area contributed by atoms with E-state index in [4.69, 9.17) is 5.73 Å². The fraction of sp³-hybridized carbons (Fsp3) is 0.632. The van der Waals surface area contributed by atoms with E-state index in [0.717, 1.165) is 25.1 Å². The lowest BCUT2D eigenvalue weighted by molar-refractivity contribution is -0.121. The summed E-state index contributed by atoms with van der Waals surface area (Å²) in [6, 6.07) is 4.27. The largest absolute Gasteiger partial charge is 0.341 e. The van der Waals surface area contributed by atoms with Gasteiger partial charge in [-0.1, -0.05) is 17.7 Å². The zero-order valence-electron chi connectivity index (χ0n) is 15.0. The van der Waals surface area contributed by atoms with Gasteiger partial charge < -0.3 is 16.0 Å². The third kappa shape index (κ3) is 5.33. The predicted molar refractivity (Wildman–Crippen MR) is 95.3 cm³/mol. The van der Waals surface area contributed by atoms with E-state index in [1.807, 2.05) is 0 Å². The number of nitrogens with two attached hydrogens (primary N) is 1. The molecule has 1 aromatic carbocycles. The molecule has 128 valence electrons. The van der Waals surface area contributed by atoms with Crippen molar-refractivity contribution in [3.63, 3.8) is 0 Å². The second-order valence-corrected chi connectivity index (χ2v) is 7.21. The summed E-state index contributed by atoms with van der Waals surface area (Å²) in [5.74, 6) is 0.657. The number of carbonyl (C=O) groups excluding carboxylic acids is 1. The van der Waals surface area contributed by atoms with Crippen LogP contribution in [-0.2, 0) is 11.2 Å². The molecule has 1 amide bonds. The van der Waals surface area contributed by atoms with Crippen molar-refractivity contribution >= 4 is 5.91 Å². The van der Waals surface area contributed by atoms with Crippen LogP contribution in [-0.4, -0.2) is 37.1 Å². The first kappa shape index (κ1) is 18.0. The summed E-state index contributed by atoms with van der Waals surface area (Å²) in [6.07, 6.45) is 3.42. The number of hydrogen-bond donors (Lipinski definition) is 2. The van der Waals surface area contributed by atoms with E-state index in [1.165, 1.54) is 29.5 Å². The Morgan fingerprint density at radius 1 is 1.26 bits per heavy atom. The molecule has 23 heavy (non-hydrogen) atoms. The minimum atomic E-state index is -0.234. The summed E-state index contributed by atoms with van der Waals surface area (Å²) < 4.78 is 0. The van der Waals surface area contributed by atoms with Crippen LogP contribution >= 0.6 is 0 Å². The van der Waals surface area contributed by atoms with Crippen molar-refractivity contribution in [2.24, 2.45) is 11.7 Å². The molecule has 1 aromatic rings. The van der Waals surface area contributed by atoms with Gasteiger partial charge in [-0.2, -0.15) is 0 Å². The fourth-order valence-corrected chi connectivity index (χ4v) is 3.62. The minimum absolute atomic E-state index is 0.0282. The molecule has 0 radical (unpaired) electrons. The van der Waals surface area contributed by atoms with Crippen LogP contribution in [0.4, 0.5) is 0 Å². The number of rotatable bonds is 5. The molecule has 1 unspecified atom stereocenters. The van der Waals surface area contributed by atoms with Crippen molar-refractivity contribution in [3.05, 3.63) is 34.4 Å². The Bertz CT molecular complexity index is 525. The van der Waals surface area contributed by atoms with Gasteiger partial charge in [0.05, 0.1) is 12.6 Å². The van der Waals surface area contributed by atoms with E-state index >= 15 is 0 Å². The van der Waals surface area contributed by atoms with Crippen LogP contribution in [0.25, 0.3) is 0 Å². The molecule has 1 saturated heterocycles. The zero-order chi connectivity index (χ0) is 17.0. The van der Waals surface area contributed by atoms with E-state index in [0.29, 0.717) is 12.3 Å². The number of benzene rings is 1. The molecule has 4 nitrogen and oxygen atoms in total. The van der Waals surface area contributed by atoms with Crippen LogP contribution in [0.1, 0.15) is 41.5 Å². The third-order valence-corrected chi connectivity index (χ3v) is 4.95. The number of nitrogens with one attached hydrogen (secondary N) is 1. The van der Waals surface area contributed by atoms with Crippen LogP contribution in [0.15, 0.2) is 12.1 Å². The lowest BCUT2D eigenvalue weighted by Crippen LogP contribution is -2.44. The van der Waals surface area contributed by atoms with Gasteiger partial charge in [-0.05, 0) is 82.8 Å². The first-order valence-electron chi connectivity index (χ1n) is 8.65. The van der Waals surface area contributed by atoms with Gasteiger partial charge in [0, 0.05) is 0 Å². The molecule has 0 bridgehead atoms. The van der Waals surface area contributed by atoms with E-state index < -0.39 is 0 Å². The highest BCUT2D eigenvalue weighted by molar-refractivity contribution is 5.79. The summed E-state index contributed by atoms with van der Waals surface area (Å²) >= 11 is 0. The summed E-state index contributed by atoms with van der Waals surface area (Å²) in [5, 5.41) is 2.98. The van der Waals surface area contributed by atoms with Crippen molar-refractivity contribution < 1.29 is 4.79 Å². The lowest BCUT2D eigenvalue weighted by Gasteiger charge is -2.30. The van der Waals surface area contributed by atoms with E-state index in [9.17, 15) is 4.79 Å². The molecule has 1 atom stereocenters. The van der Waals surface area contributed by atoms with E-state index in [-0.39, 0.29) is 12.1 Å². The first-order valence-corrected chi connectivity index (χ1v) is 8.65. The maximum Gasteiger partial charge on any atom is 0.225 e. The minimum Gasteiger partial charge on any atom is -0.341 e. The molecule has 0 spiro atoms. The number of hydrogen-bond acceptors (Lipinski definition) is 3. The zero-order valence-corrected chi connectivity index (χ0v) is 15.0. The molecule has 4 heteroatoms. The maximum absolute atomic E-state index is 12.3. The van der Waals surface area contributed by atoms with E-state index in [1.54, 1.807) is 0 Å². The maximum atomic E-state index is 12.3. The van der Waals surface area contributed by atoms with Gasteiger partial charge in [0.1, 0.15) is 0 Å². The molecule has 3 N–H and O–H groups in total. The molecule has 1 heterocycles. The highest BCUT2D eigenvalue weighted by Gasteiger charge is 2.20. The number of piperidine rings is 1. The van der Waals surface area contributed by atoms with E-state index in [2.05, 4.69) is 50.2 Å². The molecule has 0 aromatic heterocycles. The molecular weight excluding hydrogens is 286 g/mol. The Kier molecular flexibility index (Phi) is 6.19. The van der Waals surface area contributed by atoms with Crippen LogP contribution < -0.4 is 11.1 Å². The number of carbonyl (C=O) groups is 1. The summed E-state index contributed by atoms with van der Waals surface area (Å²) in [4.78, 5) is 14.7. The van der Waals surface area contributed by atoms with Gasteiger partial charge in [0.2, 0.25) is 5.91 Å². The fourth-order valence-electron chi connectivity index (χ4n) is 3.62. The van der Waals surface area contributed by atoms with Crippen molar-refractivity contribution in [2.45, 2.75) is 52.6 Å². The Hall–Kier alpha value is -1.39. The number of nitrogens with zero attached hydrogens (tertiary/aromatic N) is 1.